The standard InChI is InChI=1S/C24H27N3O3S/c1-29-22-12-6-5-11-21(22)27-13-7-10-19(14-27)25-23(28)17-31-16-20-15-30-24(26-20)18-8-3-2-4-9-18/h2-6,8-9,11-12,15,19H,7,10,13-14,16-17H2,1H3,(H,25,28). The van der Waals surface area contributed by atoms with Gasteiger partial charge in [0.15, 0.2) is 0 Å². The predicted octanol–water partition coefficient (Wildman–Crippen LogP) is 4.37. The summed E-state index contributed by atoms with van der Waals surface area (Å²) in [5, 5.41) is 3.19. The Morgan fingerprint density at radius 1 is 1.23 bits per heavy atom. The van der Waals surface area contributed by atoms with Gasteiger partial charge >= 0.3 is 0 Å². The number of nitrogens with zero attached hydrogens (tertiary/aromatic N) is 2. The number of carbonyl (C=O) groups excluding carboxylic acids is 1. The molecule has 0 spiro atoms. The zero-order chi connectivity index (χ0) is 21.5. The number of aromatic nitrogens is 1. The van der Waals surface area contributed by atoms with Crippen molar-refractivity contribution in [3.63, 3.8) is 0 Å². The van der Waals surface area contributed by atoms with E-state index in [0.29, 0.717) is 17.4 Å². The number of carbonyl (C=O) groups is 1. The molecule has 1 aromatic heterocycles. The van der Waals surface area contributed by atoms with Gasteiger partial charge in [-0.25, -0.2) is 4.98 Å². The van der Waals surface area contributed by atoms with Gasteiger partial charge in [0.05, 0.1) is 24.2 Å². The number of methoxy groups -OCH3 is 1. The summed E-state index contributed by atoms with van der Waals surface area (Å²) in [5.41, 5.74) is 2.88. The molecular weight excluding hydrogens is 410 g/mol. The van der Waals surface area contributed by atoms with Gasteiger partial charge in [-0.2, -0.15) is 0 Å². The first-order valence-corrected chi connectivity index (χ1v) is 11.6. The van der Waals surface area contributed by atoms with Crippen LogP contribution in [0.2, 0.25) is 0 Å². The molecule has 0 bridgehead atoms. The van der Waals surface area contributed by atoms with Gasteiger partial charge in [-0.05, 0) is 37.1 Å². The van der Waals surface area contributed by atoms with Gasteiger partial charge < -0.3 is 19.4 Å². The van der Waals surface area contributed by atoms with Crippen molar-refractivity contribution in [3.8, 4) is 17.2 Å². The molecule has 7 heteroatoms. The summed E-state index contributed by atoms with van der Waals surface area (Å²) >= 11 is 1.55. The molecule has 6 nitrogen and oxygen atoms in total. The van der Waals surface area contributed by atoms with E-state index in [2.05, 4.69) is 21.3 Å². The van der Waals surface area contributed by atoms with Crippen LogP contribution in [0.3, 0.4) is 0 Å². The molecule has 1 aliphatic rings. The van der Waals surface area contributed by atoms with Crippen LogP contribution in [0.1, 0.15) is 18.5 Å². The summed E-state index contributed by atoms with van der Waals surface area (Å²) in [6.07, 6.45) is 3.70. The molecule has 1 saturated heterocycles. The van der Waals surface area contributed by atoms with Gasteiger partial charge in [-0.3, -0.25) is 4.79 Å². The smallest absolute Gasteiger partial charge is 0.230 e. The highest BCUT2D eigenvalue weighted by atomic mass is 32.2. The van der Waals surface area contributed by atoms with Crippen LogP contribution in [0.5, 0.6) is 5.75 Å². The van der Waals surface area contributed by atoms with Crippen molar-refractivity contribution in [2.75, 3.05) is 30.9 Å². The molecule has 1 fully saturated rings. The first kappa shape index (κ1) is 21.3. The van der Waals surface area contributed by atoms with Gasteiger partial charge in [0.2, 0.25) is 11.8 Å². The van der Waals surface area contributed by atoms with Gasteiger partial charge in [0.1, 0.15) is 12.0 Å². The SMILES string of the molecule is COc1ccccc1N1CCCC(NC(=O)CSCc2coc(-c3ccccc3)n2)C1. The van der Waals surface area contributed by atoms with Crippen molar-refractivity contribution < 1.29 is 13.9 Å². The van der Waals surface area contributed by atoms with E-state index in [9.17, 15) is 4.79 Å². The molecule has 3 aromatic rings. The number of amides is 1. The maximum Gasteiger partial charge on any atom is 0.230 e. The zero-order valence-electron chi connectivity index (χ0n) is 17.6. The van der Waals surface area contributed by atoms with Gasteiger partial charge in [-0.15, -0.1) is 11.8 Å². The van der Waals surface area contributed by atoms with E-state index in [0.717, 1.165) is 48.6 Å². The molecule has 1 amide bonds. The van der Waals surface area contributed by atoms with Crippen molar-refractivity contribution in [3.05, 3.63) is 66.6 Å². The maximum atomic E-state index is 12.5. The molecule has 1 unspecified atom stereocenters. The summed E-state index contributed by atoms with van der Waals surface area (Å²) in [6.45, 7) is 1.76. The number of anilines is 1. The summed E-state index contributed by atoms with van der Waals surface area (Å²) in [5.74, 6) is 2.58. The largest absolute Gasteiger partial charge is 0.495 e. The van der Waals surface area contributed by atoms with Gasteiger partial charge in [0, 0.05) is 30.4 Å². The Morgan fingerprint density at radius 3 is 2.87 bits per heavy atom. The third-order valence-electron chi connectivity index (χ3n) is 5.27. The minimum absolute atomic E-state index is 0.0589. The Morgan fingerprint density at radius 2 is 2.03 bits per heavy atom. The van der Waals surface area contributed by atoms with E-state index in [1.807, 2.05) is 48.5 Å². The Kier molecular flexibility index (Phi) is 7.14. The lowest BCUT2D eigenvalue weighted by molar-refractivity contribution is -0.119. The van der Waals surface area contributed by atoms with Crippen LogP contribution < -0.4 is 15.0 Å². The zero-order valence-corrected chi connectivity index (χ0v) is 18.4. The van der Waals surface area contributed by atoms with E-state index in [1.165, 1.54) is 0 Å². The highest BCUT2D eigenvalue weighted by Gasteiger charge is 2.23. The Bertz CT molecular complexity index is 992. The minimum atomic E-state index is 0.0589. The molecule has 1 N–H and O–H groups in total. The number of nitrogens with one attached hydrogen (secondary N) is 1. The first-order chi connectivity index (χ1) is 15.2. The number of para-hydroxylation sites is 2. The van der Waals surface area contributed by atoms with Crippen LogP contribution in [-0.2, 0) is 10.5 Å². The van der Waals surface area contributed by atoms with Crippen molar-refractivity contribution >= 4 is 23.4 Å². The molecular formula is C24H27N3O3S. The highest BCUT2D eigenvalue weighted by Crippen LogP contribution is 2.30. The lowest BCUT2D eigenvalue weighted by Gasteiger charge is -2.35. The van der Waals surface area contributed by atoms with E-state index in [-0.39, 0.29) is 11.9 Å². The molecule has 0 radical (unpaired) electrons. The summed E-state index contributed by atoms with van der Waals surface area (Å²) < 4.78 is 11.1. The van der Waals surface area contributed by atoms with E-state index in [1.54, 1.807) is 25.1 Å². The fourth-order valence-electron chi connectivity index (χ4n) is 3.81. The van der Waals surface area contributed by atoms with Crippen LogP contribution in [-0.4, -0.2) is 42.9 Å². The molecule has 0 aliphatic carbocycles. The topological polar surface area (TPSA) is 67.6 Å². The Labute approximate surface area is 187 Å². The first-order valence-electron chi connectivity index (χ1n) is 10.5. The number of benzene rings is 2. The third kappa shape index (κ3) is 5.61. The number of thioether (sulfide) groups is 1. The fraction of sp³-hybridized carbons (Fsp3) is 0.333. The lowest BCUT2D eigenvalue weighted by Crippen LogP contribution is -2.48. The van der Waals surface area contributed by atoms with E-state index < -0.39 is 0 Å². The van der Waals surface area contributed by atoms with Crippen molar-refractivity contribution in [1.29, 1.82) is 0 Å². The predicted molar refractivity (Wildman–Crippen MR) is 124 cm³/mol. The fourth-order valence-corrected chi connectivity index (χ4v) is 4.52. The van der Waals surface area contributed by atoms with Crippen molar-refractivity contribution in [1.82, 2.24) is 10.3 Å². The Balaban J connectivity index is 1.24. The average Bonchev–Trinajstić information content (AvgIpc) is 3.29. The number of oxazole rings is 1. The number of piperidine rings is 1. The number of ether oxygens (including phenoxy) is 1. The van der Waals surface area contributed by atoms with E-state index >= 15 is 0 Å². The molecule has 2 aromatic carbocycles. The van der Waals surface area contributed by atoms with Crippen LogP contribution >= 0.6 is 11.8 Å². The molecule has 1 aliphatic heterocycles. The average molecular weight is 438 g/mol. The number of rotatable bonds is 8. The highest BCUT2D eigenvalue weighted by molar-refractivity contribution is 7.99. The second kappa shape index (κ2) is 10.4. The summed E-state index contributed by atoms with van der Waals surface area (Å²) in [6, 6.07) is 18.0. The quantitative estimate of drug-likeness (QED) is 0.565. The van der Waals surface area contributed by atoms with Gasteiger partial charge in [-0.1, -0.05) is 30.3 Å². The van der Waals surface area contributed by atoms with Crippen LogP contribution in [0.4, 0.5) is 5.69 Å². The normalized spacial score (nSPS) is 16.2. The third-order valence-corrected chi connectivity index (χ3v) is 6.23. The van der Waals surface area contributed by atoms with Gasteiger partial charge in [0.25, 0.3) is 0 Å². The second-order valence-corrected chi connectivity index (χ2v) is 8.51. The second-order valence-electron chi connectivity index (χ2n) is 7.53. The van der Waals surface area contributed by atoms with Crippen molar-refractivity contribution in [2.45, 2.75) is 24.6 Å². The lowest BCUT2D eigenvalue weighted by atomic mass is 10.0. The summed E-state index contributed by atoms with van der Waals surface area (Å²) in [7, 11) is 1.69. The van der Waals surface area contributed by atoms with E-state index in [4.69, 9.17) is 9.15 Å². The number of hydrogen-bond donors (Lipinski definition) is 1. The molecule has 31 heavy (non-hydrogen) atoms. The van der Waals surface area contributed by atoms with Crippen LogP contribution in [0, 0.1) is 0 Å². The molecule has 0 saturated carbocycles. The maximum absolute atomic E-state index is 12.5. The van der Waals surface area contributed by atoms with Crippen LogP contribution in [0.25, 0.3) is 11.5 Å². The molecule has 4 rings (SSSR count). The number of hydrogen-bond acceptors (Lipinski definition) is 6. The van der Waals surface area contributed by atoms with Crippen molar-refractivity contribution in [2.24, 2.45) is 0 Å². The molecule has 2 heterocycles. The summed E-state index contributed by atoms with van der Waals surface area (Å²) in [4.78, 5) is 19.3. The molecule has 162 valence electrons. The minimum Gasteiger partial charge on any atom is -0.495 e. The van der Waals surface area contributed by atoms with Crippen LogP contribution in [0.15, 0.2) is 65.3 Å². The molecule has 1 atom stereocenters. The Hall–Kier alpha value is -2.93. The monoisotopic (exact) mass is 437 g/mol.